The van der Waals surface area contributed by atoms with Crippen LogP contribution in [0.4, 0.5) is 0 Å². The van der Waals surface area contributed by atoms with Gasteiger partial charge in [0, 0.05) is 25.0 Å². The molecule has 15 heavy (non-hydrogen) atoms. The van der Waals surface area contributed by atoms with Crippen molar-refractivity contribution in [1.82, 2.24) is 14.5 Å². The molecular formula is C11H21N3O. The van der Waals surface area contributed by atoms with Crippen molar-refractivity contribution < 1.29 is 0 Å². The SMILES string of the molecule is CC(C)N(C)CCCCn1cc[nH]c1=O. The molecule has 86 valence electrons. The van der Waals surface area contributed by atoms with Gasteiger partial charge in [-0.1, -0.05) is 0 Å². The number of hydrogen-bond acceptors (Lipinski definition) is 2. The monoisotopic (exact) mass is 211 g/mol. The maximum Gasteiger partial charge on any atom is 0.325 e. The van der Waals surface area contributed by atoms with Gasteiger partial charge in [-0.15, -0.1) is 0 Å². The highest BCUT2D eigenvalue weighted by Gasteiger charge is 2.02. The molecular weight excluding hydrogens is 190 g/mol. The molecule has 0 aliphatic heterocycles. The summed E-state index contributed by atoms with van der Waals surface area (Å²) >= 11 is 0. The van der Waals surface area contributed by atoms with Gasteiger partial charge < -0.3 is 9.88 Å². The average Bonchev–Trinajstić information content (AvgIpc) is 2.58. The molecule has 0 aliphatic rings. The van der Waals surface area contributed by atoms with E-state index in [1.807, 2.05) is 0 Å². The predicted octanol–water partition coefficient (Wildman–Crippen LogP) is 1.30. The second-order valence-electron chi connectivity index (χ2n) is 4.24. The first kappa shape index (κ1) is 12.0. The van der Waals surface area contributed by atoms with E-state index in [1.54, 1.807) is 17.0 Å². The maximum atomic E-state index is 11.2. The quantitative estimate of drug-likeness (QED) is 0.720. The Morgan fingerprint density at radius 3 is 2.73 bits per heavy atom. The summed E-state index contributed by atoms with van der Waals surface area (Å²) in [6, 6.07) is 0.597. The minimum atomic E-state index is -0.00721. The van der Waals surface area contributed by atoms with Gasteiger partial charge >= 0.3 is 5.69 Å². The van der Waals surface area contributed by atoms with E-state index in [0.29, 0.717) is 6.04 Å². The largest absolute Gasteiger partial charge is 0.325 e. The number of unbranched alkanes of at least 4 members (excludes halogenated alkanes) is 1. The van der Waals surface area contributed by atoms with Crippen LogP contribution in [0.15, 0.2) is 17.2 Å². The van der Waals surface area contributed by atoms with Crippen molar-refractivity contribution in [3.63, 3.8) is 0 Å². The number of aryl methyl sites for hydroxylation is 1. The third kappa shape index (κ3) is 3.91. The van der Waals surface area contributed by atoms with Gasteiger partial charge in [-0.2, -0.15) is 0 Å². The fourth-order valence-electron chi connectivity index (χ4n) is 1.43. The van der Waals surface area contributed by atoms with Crippen LogP contribution in [0, 0.1) is 0 Å². The summed E-state index contributed by atoms with van der Waals surface area (Å²) in [4.78, 5) is 16.1. The zero-order valence-corrected chi connectivity index (χ0v) is 9.86. The van der Waals surface area contributed by atoms with Crippen molar-refractivity contribution in [2.75, 3.05) is 13.6 Å². The van der Waals surface area contributed by atoms with Gasteiger partial charge in [0.25, 0.3) is 0 Å². The highest BCUT2D eigenvalue weighted by molar-refractivity contribution is 4.75. The number of aromatic amines is 1. The number of imidazole rings is 1. The van der Waals surface area contributed by atoms with Crippen LogP contribution in [0.5, 0.6) is 0 Å². The fraction of sp³-hybridized carbons (Fsp3) is 0.727. The number of hydrogen-bond donors (Lipinski definition) is 1. The molecule has 0 atom stereocenters. The van der Waals surface area contributed by atoms with E-state index in [0.717, 1.165) is 25.9 Å². The fourth-order valence-corrected chi connectivity index (χ4v) is 1.43. The molecule has 1 aromatic rings. The van der Waals surface area contributed by atoms with Crippen LogP contribution >= 0.6 is 0 Å². The lowest BCUT2D eigenvalue weighted by molar-refractivity contribution is 0.266. The Balaban J connectivity index is 2.18. The van der Waals surface area contributed by atoms with Crippen LogP contribution in [0.3, 0.4) is 0 Å². The third-order valence-electron chi connectivity index (χ3n) is 2.76. The van der Waals surface area contributed by atoms with E-state index in [2.05, 4.69) is 30.8 Å². The summed E-state index contributed by atoms with van der Waals surface area (Å²) in [6.07, 6.45) is 5.66. The molecule has 0 radical (unpaired) electrons. The number of nitrogens with one attached hydrogen (secondary N) is 1. The van der Waals surface area contributed by atoms with E-state index in [-0.39, 0.29) is 5.69 Å². The van der Waals surface area contributed by atoms with Gasteiger partial charge in [-0.25, -0.2) is 4.79 Å². The van der Waals surface area contributed by atoms with E-state index in [1.165, 1.54) is 0 Å². The van der Waals surface area contributed by atoms with E-state index >= 15 is 0 Å². The summed E-state index contributed by atoms with van der Waals surface area (Å²) in [6.45, 7) is 6.29. The Hall–Kier alpha value is -1.03. The third-order valence-corrected chi connectivity index (χ3v) is 2.76. The van der Waals surface area contributed by atoms with Gasteiger partial charge in [0.2, 0.25) is 0 Å². The lowest BCUT2D eigenvalue weighted by Crippen LogP contribution is -2.27. The standard InChI is InChI=1S/C11H21N3O/c1-10(2)13(3)7-4-5-8-14-9-6-12-11(14)15/h6,9-10H,4-5,7-8H2,1-3H3,(H,12,15). The molecule has 0 fully saturated rings. The molecule has 1 heterocycles. The minimum Gasteiger partial charge on any atom is -0.313 e. The molecule has 1 aromatic heterocycles. The van der Waals surface area contributed by atoms with Crippen molar-refractivity contribution in [2.45, 2.75) is 39.3 Å². The molecule has 1 N–H and O–H groups in total. The number of aromatic nitrogens is 2. The Morgan fingerprint density at radius 1 is 1.47 bits per heavy atom. The second-order valence-corrected chi connectivity index (χ2v) is 4.24. The molecule has 0 unspecified atom stereocenters. The Kier molecular flexibility index (Phi) is 4.62. The van der Waals surface area contributed by atoms with Crippen LogP contribution in [0.1, 0.15) is 26.7 Å². The van der Waals surface area contributed by atoms with Crippen molar-refractivity contribution >= 4 is 0 Å². The molecule has 4 heteroatoms. The van der Waals surface area contributed by atoms with E-state index < -0.39 is 0 Å². The molecule has 0 saturated carbocycles. The highest BCUT2D eigenvalue weighted by Crippen LogP contribution is 1.99. The first-order valence-electron chi connectivity index (χ1n) is 5.55. The predicted molar refractivity (Wildman–Crippen MR) is 62.1 cm³/mol. The molecule has 0 spiro atoms. The Morgan fingerprint density at radius 2 is 2.20 bits per heavy atom. The Bertz CT molecular complexity index is 327. The Labute approximate surface area is 90.9 Å². The molecule has 0 bridgehead atoms. The smallest absolute Gasteiger partial charge is 0.313 e. The van der Waals surface area contributed by atoms with Crippen molar-refractivity contribution in [3.05, 3.63) is 22.9 Å². The van der Waals surface area contributed by atoms with Crippen LogP contribution < -0.4 is 5.69 Å². The molecule has 0 aliphatic carbocycles. The number of rotatable bonds is 6. The molecule has 0 aromatic carbocycles. The average molecular weight is 211 g/mol. The topological polar surface area (TPSA) is 41.0 Å². The van der Waals surface area contributed by atoms with E-state index in [9.17, 15) is 4.79 Å². The lowest BCUT2D eigenvalue weighted by Gasteiger charge is -2.20. The zero-order valence-electron chi connectivity index (χ0n) is 9.86. The molecule has 0 amide bonds. The summed E-state index contributed by atoms with van der Waals surface area (Å²) in [5, 5.41) is 0. The lowest BCUT2D eigenvalue weighted by atomic mass is 10.2. The summed E-state index contributed by atoms with van der Waals surface area (Å²) in [7, 11) is 2.13. The highest BCUT2D eigenvalue weighted by atomic mass is 16.1. The van der Waals surface area contributed by atoms with Crippen molar-refractivity contribution in [1.29, 1.82) is 0 Å². The second kappa shape index (κ2) is 5.75. The van der Waals surface area contributed by atoms with Gasteiger partial charge in [0.1, 0.15) is 0 Å². The van der Waals surface area contributed by atoms with Crippen molar-refractivity contribution in [2.24, 2.45) is 0 Å². The zero-order chi connectivity index (χ0) is 11.3. The normalized spacial score (nSPS) is 11.5. The van der Waals surface area contributed by atoms with E-state index in [4.69, 9.17) is 0 Å². The molecule has 1 rings (SSSR count). The first-order chi connectivity index (χ1) is 7.11. The maximum absolute atomic E-state index is 11.2. The molecule has 4 nitrogen and oxygen atoms in total. The van der Waals surface area contributed by atoms with Crippen LogP contribution in [0.25, 0.3) is 0 Å². The van der Waals surface area contributed by atoms with Gasteiger partial charge in [-0.3, -0.25) is 4.57 Å². The minimum absolute atomic E-state index is 0.00721. The summed E-state index contributed by atoms with van der Waals surface area (Å²) in [5.74, 6) is 0. The number of nitrogens with zero attached hydrogens (tertiary/aromatic N) is 2. The van der Waals surface area contributed by atoms with Crippen LogP contribution in [0.2, 0.25) is 0 Å². The van der Waals surface area contributed by atoms with Crippen molar-refractivity contribution in [3.8, 4) is 0 Å². The van der Waals surface area contributed by atoms with Gasteiger partial charge in [-0.05, 0) is 40.3 Å². The van der Waals surface area contributed by atoms with Gasteiger partial charge in [0.05, 0.1) is 0 Å². The molecule has 0 saturated heterocycles. The summed E-state index contributed by atoms with van der Waals surface area (Å²) < 4.78 is 1.72. The van der Waals surface area contributed by atoms with Gasteiger partial charge in [0.15, 0.2) is 0 Å². The summed E-state index contributed by atoms with van der Waals surface area (Å²) in [5.41, 5.74) is -0.00721. The van der Waals surface area contributed by atoms with Crippen LogP contribution in [-0.2, 0) is 6.54 Å². The first-order valence-corrected chi connectivity index (χ1v) is 5.55. The number of H-pyrrole nitrogens is 1. The van der Waals surface area contributed by atoms with Crippen LogP contribution in [-0.4, -0.2) is 34.1 Å².